The van der Waals surface area contributed by atoms with Crippen LogP contribution in [-0.2, 0) is 13.2 Å². The Balaban J connectivity index is 0.00000208. The summed E-state index contributed by atoms with van der Waals surface area (Å²) in [5.41, 5.74) is 2.35. The molecule has 1 fully saturated rings. The van der Waals surface area contributed by atoms with Crippen LogP contribution in [0, 0.1) is 0 Å². The summed E-state index contributed by atoms with van der Waals surface area (Å²) in [7, 11) is 1.80. The molecule has 4 nitrogen and oxygen atoms in total. The fourth-order valence-corrected chi connectivity index (χ4v) is 2.29. The van der Waals surface area contributed by atoms with Gasteiger partial charge in [0.2, 0.25) is 0 Å². The van der Waals surface area contributed by atoms with Crippen molar-refractivity contribution in [2.24, 2.45) is 4.99 Å². The predicted octanol–water partition coefficient (Wildman–Crippen LogP) is 3.71. The molecule has 0 aliphatic heterocycles. The van der Waals surface area contributed by atoms with Gasteiger partial charge in [-0.25, -0.2) is 0 Å². The molecule has 0 atom stereocenters. The van der Waals surface area contributed by atoms with Gasteiger partial charge in [-0.3, -0.25) is 4.99 Å². The van der Waals surface area contributed by atoms with E-state index in [0.29, 0.717) is 12.6 Å². The van der Waals surface area contributed by atoms with Crippen molar-refractivity contribution in [3.63, 3.8) is 0 Å². The molecule has 1 saturated carbocycles. The first-order valence-electron chi connectivity index (χ1n) is 8.06. The molecule has 2 aromatic carbocycles. The molecule has 0 bridgehead atoms. The SMILES string of the molecule is CN=C(NCc1cccc(OCc2ccccc2)c1)NC1CC1.I. The smallest absolute Gasteiger partial charge is 0.191 e. The Kier molecular flexibility index (Phi) is 7.36. The van der Waals surface area contributed by atoms with E-state index >= 15 is 0 Å². The van der Waals surface area contributed by atoms with Crippen LogP contribution < -0.4 is 15.4 Å². The number of ether oxygens (including phenoxy) is 1. The van der Waals surface area contributed by atoms with E-state index in [1.54, 1.807) is 7.05 Å². The van der Waals surface area contributed by atoms with Crippen molar-refractivity contribution < 1.29 is 4.74 Å². The highest BCUT2D eigenvalue weighted by atomic mass is 127. The standard InChI is InChI=1S/C19H23N3O.HI/c1-20-19(22-17-10-11-17)21-13-16-8-5-9-18(12-16)23-14-15-6-3-2-4-7-15;/h2-9,12,17H,10-11,13-14H2,1H3,(H2,20,21,22);1H. The quantitative estimate of drug-likeness (QED) is 0.412. The van der Waals surface area contributed by atoms with E-state index in [0.717, 1.165) is 18.3 Å². The summed E-state index contributed by atoms with van der Waals surface area (Å²) in [6, 6.07) is 19.0. The molecule has 2 aromatic rings. The Morgan fingerprint density at radius 1 is 1.08 bits per heavy atom. The molecule has 0 saturated heterocycles. The first-order valence-corrected chi connectivity index (χ1v) is 8.06. The summed E-state index contributed by atoms with van der Waals surface area (Å²) < 4.78 is 5.87. The van der Waals surface area contributed by atoms with Crippen LogP contribution in [0.15, 0.2) is 59.6 Å². The van der Waals surface area contributed by atoms with Crippen molar-refractivity contribution in [1.82, 2.24) is 10.6 Å². The summed E-state index contributed by atoms with van der Waals surface area (Å²) in [5.74, 6) is 1.75. The van der Waals surface area contributed by atoms with Gasteiger partial charge in [-0.05, 0) is 36.1 Å². The molecule has 0 aromatic heterocycles. The van der Waals surface area contributed by atoms with Gasteiger partial charge in [0.25, 0.3) is 0 Å². The van der Waals surface area contributed by atoms with Crippen LogP contribution in [0.4, 0.5) is 0 Å². The predicted molar refractivity (Wildman–Crippen MR) is 109 cm³/mol. The van der Waals surface area contributed by atoms with Gasteiger partial charge in [-0.1, -0.05) is 42.5 Å². The Labute approximate surface area is 160 Å². The van der Waals surface area contributed by atoms with E-state index in [1.165, 1.54) is 24.0 Å². The van der Waals surface area contributed by atoms with E-state index in [1.807, 2.05) is 30.3 Å². The Bertz CT molecular complexity index is 657. The fourth-order valence-electron chi connectivity index (χ4n) is 2.29. The second-order valence-corrected chi connectivity index (χ2v) is 5.77. The lowest BCUT2D eigenvalue weighted by atomic mass is 10.2. The highest BCUT2D eigenvalue weighted by molar-refractivity contribution is 14.0. The molecule has 0 spiro atoms. The zero-order chi connectivity index (χ0) is 15.9. The summed E-state index contributed by atoms with van der Waals surface area (Å²) in [4.78, 5) is 4.24. The maximum atomic E-state index is 5.87. The van der Waals surface area contributed by atoms with Gasteiger partial charge < -0.3 is 15.4 Å². The van der Waals surface area contributed by atoms with Crippen LogP contribution in [0.2, 0.25) is 0 Å². The van der Waals surface area contributed by atoms with E-state index in [2.05, 4.69) is 39.9 Å². The summed E-state index contributed by atoms with van der Waals surface area (Å²) >= 11 is 0. The molecular weight excluding hydrogens is 413 g/mol. The molecule has 3 rings (SSSR count). The van der Waals surface area contributed by atoms with Crippen LogP contribution in [0.25, 0.3) is 0 Å². The number of benzene rings is 2. The van der Waals surface area contributed by atoms with Gasteiger partial charge in [0.15, 0.2) is 5.96 Å². The molecule has 5 heteroatoms. The third-order valence-electron chi connectivity index (χ3n) is 3.75. The van der Waals surface area contributed by atoms with Crippen molar-refractivity contribution in [1.29, 1.82) is 0 Å². The van der Waals surface area contributed by atoms with E-state index in [-0.39, 0.29) is 24.0 Å². The van der Waals surface area contributed by atoms with Gasteiger partial charge in [0, 0.05) is 19.6 Å². The maximum absolute atomic E-state index is 5.87. The average Bonchev–Trinajstić information content (AvgIpc) is 3.42. The second kappa shape index (κ2) is 9.52. The maximum Gasteiger partial charge on any atom is 0.191 e. The van der Waals surface area contributed by atoms with E-state index in [4.69, 9.17) is 4.74 Å². The summed E-state index contributed by atoms with van der Waals surface area (Å²) in [6.07, 6.45) is 2.48. The number of hydrogen-bond acceptors (Lipinski definition) is 2. The van der Waals surface area contributed by atoms with Gasteiger partial charge in [-0.15, -0.1) is 24.0 Å². The first-order chi connectivity index (χ1) is 11.3. The number of nitrogens with zero attached hydrogens (tertiary/aromatic N) is 1. The number of rotatable bonds is 6. The topological polar surface area (TPSA) is 45.7 Å². The van der Waals surface area contributed by atoms with Gasteiger partial charge in [0.1, 0.15) is 12.4 Å². The third kappa shape index (κ3) is 6.03. The molecule has 1 aliphatic carbocycles. The molecule has 2 N–H and O–H groups in total. The van der Waals surface area contributed by atoms with Crippen molar-refractivity contribution in [2.45, 2.75) is 32.0 Å². The highest BCUT2D eigenvalue weighted by Crippen LogP contribution is 2.18. The number of aliphatic imine (C=N–C) groups is 1. The average molecular weight is 437 g/mol. The monoisotopic (exact) mass is 437 g/mol. The number of nitrogens with one attached hydrogen (secondary N) is 2. The molecule has 128 valence electrons. The fraction of sp³-hybridized carbons (Fsp3) is 0.316. The lowest BCUT2D eigenvalue weighted by molar-refractivity contribution is 0.306. The van der Waals surface area contributed by atoms with Crippen molar-refractivity contribution >= 4 is 29.9 Å². The zero-order valence-electron chi connectivity index (χ0n) is 13.9. The largest absolute Gasteiger partial charge is 0.489 e. The van der Waals surface area contributed by atoms with Crippen molar-refractivity contribution in [2.75, 3.05) is 7.05 Å². The van der Waals surface area contributed by atoms with Crippen LogP contribution in [-0.4, -0.2) is 19.0 Å². The molecule has 1 aliphatic rings. The lowest BCUT2D eigenvalue weighted by Gasteiger charge is -2.12. The lowest BCUT2D eigenvalue weighted by Crippen LogP contribution is -2.38. The Morgan fingerprint density at radius 2 is 1.83 bits per heavy atom. The number of halogens is 1. The van der Waals surface area contributed by atoms with Crippen molar-refractivity contribution in [3.05, 3.63) is 65.7 Å². The number of hydrogen-bond donors (Lipinski definition) is 2. The normalized spacial score (nSPS) is 13.8. The molecule has 24 heavy (non-hydrogen) atoms. The third-order valence-corrected chi connectivity index (χ3v) is 3.75. The van der Waals surface area contributed by atoms with Crippen LogP contribution in [0.5, 0.6) is 5.75 Å². The first kappa shape index (κ1) is 18.6. The van der Waals surface area contributed by atoms with Gasteiger partial charge in [-0.2, -0.15) is 0 Å². The minimum absolute atomic E-state index is 0. The Hall–Kier alpha value is -1.76. The molecule has 0 amide bonds. The highest BCUT2D eigenvalue weighted by Gasteiger charge is 2.21. The minimum Gasteiger partial charge on any atom is -0.489 e. The van der Waals surface area contributed by atoms with Gasteiger partial charge >= 0.3 is 0 Å². The van der Waals surface area contributed by atoms with Crippen LogP contribution in [0.3, 0.4) is 0 Å². The molecular formula is C19H24IN3O. The molecule has 0 unspecified atom stereocenters. The second-order valence-electron chi connectivity index (χ2n) is 5.77. The van der Waals surface area contributed by atoms with E-state index < -0.39 is 0 Å². The van der Waals surface area contributed by atoms with Crippen LogP contribution >= 0.6 is 24.0 Å². The van der Waals surface area contributed by atoms with Crippen LogP contribution in [0.1, 0.15) is 24.0 Å². The Morgan fingerprint density at radius 3 is 2.54 bits per heavy atom. The molecule has 0 heterocycles. The van der Waals surface area contributed by atoms with Crippen molar-refractivity contribution in [3.8, 4) is 5.75 Å². The number of guanidine groups is 1. The molecule has 0 radical (unpaired) electrons. The van der Waals surface area contributed by atoms with E-state index in [9.17, 15) is 0 Å². The van der Waals surface area contributed by atoms with Gasteiger partial charge in [0.05, 0.1) is 0 Å². The zero-order valence-corrected chi connectivity index (χ0v) is 16.2. The summed E-state index contributed by atoms with van der Waals surface area (Å²) in [6.45, 7) is 1.32. The summed E-state index contributed by atoms with van der Waals surface area (Å²) in [5, 5.41) is 6.72. The minimum atomic E-state index is 0.